The number of hydrogen-bond donors (Lipinski definition) is 1. The van der Waals surface area contributed by atoms with Gasteiger partial charge in [0, 0.05) is 22.0 Å². The number of aromatic nitrogens is 1. The van der Waals surface area contributed by atoms with Crippen LogP contribution >= 0.6 is 38.6 Å². The Bertz CT molecular complexity index is 476. The Labute approximate surface area is 117 Å². The van der Waals surface area contributed by atoms with Crippen LogP contribution in [0.4, 0.5) is 0 Å². The number of hydrogen-bond acceptors (Lipinski definition) is 4. The SMILES string of the molecule is Cc1csc(C(NC2CC2)c2ccc(Br)s2)n1. The molecule has 0 aromatic carbocycles. The lowest BCUT2D eigenvalue weighted by atomic mass is 10.2. The molecule has 1 saturated carbocycles. The molecule has 0 bridgehead atoms. The van der Waals surface area contributed by atoms with E-state index in [1.54, 1.807) is 22.7 Å². The van der Waals surface area contributed by atoms with Gasteiger partial charge in [0.1, 0.15) is 5.01 Å². The summed E-state index contributed by atoms with van der Waals surface area (Å²) in [6.07, 6.45) is 2.60. The number of rotatable bonds is 4. The van der Waals surface area contributed by atoms with Gasteiger partial charge < -0.3 is 5.32 Å². The van der Waals surface area contributed by atoms with Crippen LogP contribution in [0.25, 0.3) is 0 Å². The van der Waals surface area contributed by atoms with Gasteiger partial charge in [-0.05, 0) is 47.8 Å². The van der Waals surface area contributed by atoms with E-state index in [2.05, 4.69) is 50.7 Å². The molecule has 1 N–H and O–H groups in total. The van der Waals surface area contributed by atoms with Gasteiger partial charge in [-0.2, -0.15) is 0 Å². The molecular weight excluding hydrogens is 316 g/mol. The van der Waals surface area contributed by atoms with Crippen molar-refractivity contribution < 1.29 is 0 Å². The quantitative estimate of drug-likeness (QED) is 0.913. The Balaban J connectivity index is 1.90. The van der Waals surface area contributed by atoms with Crippen molar-refractivity contribution in [1.82, 2.24) is 10.3 Å². The fraction of sp³-hybridized carbons (Fsp3) is 0.417. The van der Waals surface area contributed by atoms with Gasteiger partial charge in [0.2, 0.25) is 0 Å². The smallest absolute Gasteiger partial charge is 0.115 e. The minimum atomic E-state index is 0.275. The monoisotopic (exact) mass is 328 g/mol. The lowest BCUT2D eigenvalue weighted by molar-refractivity contribution is 0.605. The van der Waals surface area contributed by atoms with E-state index in [0.717, 1.165) is 5.69 Å². The maximum Gasteiger partial charge on any atom is 0.115 e. The van der Waals surface area contributed by atoms with Crippen LogP contribution in [-0.4, -0.2) is 11.0 Å². The Morgan fingerprint density at radius 2 is 2.29 bits per heavy atom. The molecular formula is C12H13BrN2S2. The lowest BCUT2D eigenvalue weighted by Crippen LogP contribution is -2.23. The zero-order chi connectivity index (χ0) is 11.8. The standard InChI is InChI=1S/C12H13BrN2S2/c1-7-6-16-12(14-7)11(15-8-2-3-8)9-4-5-10(13)17-9/h4-6,8,11,15H,2-3H2,1H3. The van der Waals surface area contributed by atoms with E-state index < -0.39 is 0 Å². The molecule has 1 aliphatic rings. The molecule has 3 rings (SSSR count). The van der Waals surface area contributed by atoms with Crippen LogP contribution in [0.1, 0.15) is 34.5 Å². The Morgan fingerprint density at radius 1 is 1.47 bits per heavy atom. The third kappa shape index (κ3) is 2.78. The normalized spacial score (nSPS) is 17.3. The van der Waals surface area contributed by atoms with Gasteiger partial charge in [0.05, 0.1) is 9.83 Å². The number of thiophene rings is 1. The molecule has 2 heterocycles. The number of thiazole rings is 1. The van der Waals surface area contributed by atoms with Crippen molar-refractivity contribution in [3.05, 3.63) is 36.9 Å². The zero-order valence-corrected chi connectivity index (χ0v) is 12.7. The minimum Gasteiger partial charge on any atom is -0.301 e. The van der Waals surface area contributed by atoms with E-state index in [4.69, 9.17) is 0 Å². The second-order valence-electron chi connectivity index (χ2n) is 4.34. The summed E-state index contributed by atoms with van der Waals surface area (Å²) < 4.78 is 1.18. The van der Waals surface area contributed by atoms with Crippen molar-refractivity contribution in [3.63, 3.8) is 0 Å². The molecule has 1 aliphatic carbocycles. The highest BCUT2D eigenvalue weighted by atomic mass is 79.9. The average molecular weight is 329 g/mol. The average Bonchev–Trinajstić information content (AvgIpc) is 2.86. The summed E-state index contributed by atoms with van der Waals surface area (Å²) in [6, 6.07) is 5.26. The van der Waals surface area contributed by atoms with Crippen LogP contribution in [0.2, 0.25) is 0 Å². The van der Waals surface area contributed by atoms with Crippen molar-refractivity contribution in [3.8, 4) is 0 Å². The van der Waals surface area contributed by atoms with Gasteiger partial charge >= 0.3 is 0 Å². The summed E-state index contributed by atoms with van der Waals surface area (Å²) in [6.45, 7) is 2.05. The molecule has 1 fully saturated rings. The summed E-state index contributed by atoms with van der Waals surface area (Å²) >= 11 is 7.07. The Hall–Kier alpha value is -0.230. The molecule has 90 valence electrons. The molecule has 2 nitrogen and oxygen atoms in total. The zero-order valence-electron chi connectivity index (χ0n) is 9.44. The van der Waals surface area contributed by atoms with Crippen LogP contribution in [-0.2, 0) is 0 Å². The van der Waals surface area contributed by atoms with Gasteiger partial charge in [-0.15, -0.1) is 22.7 Å². The first-order chi connectivity index (χ1) is 8.22. The first-order valence-electron chi connectivity index (χ1n) is 5.65. The molecule has 0 amide bonds. The molecule has 0 radical (unpaired) electrons. The maximum atomic E-state index is 4.62. The second kappa shape index (κ2) is 4.80. The van der Waals surface area contributed by atoms with Gasteiger partial charge in [-0.25, -0.2) is 4.98 Å². The molecule has 2 aromatic rings. The van der Waals surface area contributed by atoms with Gasteiger partial charge in [-0.3, -0.25) is 0 Å². The molecule has 1 atom stereocenters. The number of nitrogens with one attached hydrogen (secondary N) is 1. The third-order valence-electron chi connectivity index (χ3n) is 2.74. The largest absolute Gasteiger partial charge is 0.301 e. The summed E-state index contributed by atoms with van der Waals surface area (Å²) in [5, 5.41) is 7.00. The predicted molar refractivity (Wildman–Crippen MR) is 76.9 cm³/mol. The van der Waals surface area contributed by atoms with Crippen molar-refractivity contribution >= 4 is 38.6 Å². The van der Waals surface area contributed by atoms with E-state index in [-0.39, 0.29) is 6.04 Å². The van der Waals surface area contributed by atoms with Crippen molar-refractivity contribution in [1.29, 1.82) is 0 Å². The molecule has 17 heavy (non-hydrogen) atoms. The summed E-state index contributed by atoms with van der Waals surface area (Å²) in [7, 11) is 0. The van der Waals surface area contributed by atoms with Crippen LogP contribution in [0.5, 0.6) is 0 Å². The van der Waals surface area contributed by atoms with E-state index in [9.17, 15) is 0 Å². The highest BCUT2D eigenvalue weighted by Gasteiger charge is 2.28. The number of nitrogens with zero attached hydrogens (tertiary/aromatic N) is 1. The lowest BCUT2D eigenvalue weighted by Gasteiger charge is -2.14. The highest BCUT2D eigenvalue weighted by molar-refractivity contribution is 9.11. The second-order valence-corrected chi connectivity index (χ2v) is 7.73. The van der Waals surface area contributed by atoms with E-state index >= 15 is 0 Å². The van der Waals surface area contributed by atoms with Gasteiger partial charge in [0.15, 0.2) is 0 Å². The molecule has 0 aliphatic heterocycles. The van der Waals surface area contributed by atoms with E-state index in [0.29, 0.717) is 6.04 Å². The summed E-state index contributed by atoms with van der Waals surface area (Å²) in [4.78, 5) is 5.97. The fourth-order valence-corrected chi connectivity index (χ4v) is 4.18. The van der Waals surface area contributed by atoms with Crippen LogP contribution in [0.3, 0.4) is 0 Å². The van der Waals surface area contributed by atoms with Crippen LogP contribution in [0.15, 0.2) is 21.3 Å². The summed E-state index contributed by atoms with van der Waals surface area (Å²) in [5.41, 5.74) is 1.11. The number of aryl methyl sites for hydroxylation is 1. The van der Waals surface area contributed by atoms with E-state index in [1.807, 2.05) is 0 Å². The van der Waals surface area contributed by atoms with Crippen molar-refractivity contribution in [2.75, 3.05) is 0 Å². The number of halogens is 1. The molecule has 1 unspecified atom stereocenters. The Kier molecular flexibility index (Phi) is 3.34. The molecule has 2 aromatic heterocycles. The molecule has 0 spiro atoms. The van der Waals surface area contributed by atoms with Crippen LogP contribution in [0, 0.1) is 6.92 Å². The fourth-order valence-electron chi connectivity index (χ4n) is 1.75. The topological polar surface area (TPSA) is 24.9 Å². The van der Waals surface area contributed by atoms with E-state index in [1.165, 1.54) is 26.5 Å². The minimum absolute atomic E-state index is 0.275. The molecule has 0 saturated heterocycles. The predicted octanol–water partition coefficient (Wildman–Crippen LogP) is 4.12. The Morgan fingerprint density at radius 3 is 2.82 bits per heavy atom. The third-order valence-corrected chi connectivity index (χ3v) is 5.46. The van der Waals surface area contributed by atoms with Gasteiger partial charge in [-0.1, -0.05) is 0 Å². The first-order valence-corrected chi connectivity index (χ1v) is 8.14. The maximum absolute atomic E-state index is 4.62. The van der Waals surface area contributed by atoms with Crippen LogP contribution < -0.4 is 5.32 Å². The van der Waals surface area contributed by atoms with Crippen molar-refractivity contribution in [2.24, 2.45) is 0 Å². The molecule has 5 heteroatoms. The first kappa shape index (κ1) is 11.8. The van der Waals surface area contributed by atoms with Crippen molar-refractivity contribution in [2.45, 2.75) is 31.8 Å². The van der Waals surface area contributed by atoms with Gasteiger partial charge in [0.25, 0.3) is 0 Å². The highest BCUT2D eigenvalue weighted by Crippen LogP contribution is 2.35. The summed E-state index contributed by atoms with van der Waals surface area (Å²) in [5.74, 6) is 0.